The third kappa shape index (κ3) is 3.36. The van der Waals surface area contributed by atoms with E-state index in [-0.39, 0.29) is 11.7 Å². The van der Waals surface area contributed by atoms with Gasteiger partial charge in [0.1, 0.15) is 6.33 Å². The number of anilines is 1. The molecule has 106 valence electrons. The highest BCUT2D eigenvalue weighted by molar-refractivity contribution is 7.99. The number of carbonyl (C=O) groups is 1. The van der Waals surface area contributed by atoms with Gasteiger partial charge in [-0.25, -0.2) is 4.68 Å². The van der Waals surface area contributed by atoms with Crippen molar-refractivity contribution in [2.45, 2.75) is 12.1 Å². The molecule has 0 aliphatic carbocycles. The van der Waals surface area contributed by atoms with Crippen LogP contribution in [-0.2, 0) is 4.79 Å². The Morgan fingerprint density at radius 1 is 1.50 bits per heavy atom. The molecule has 2 rings (SSSR count). The molecule has 6 nitrogen and oxygen atoms in total. The second-order valence-corrected chi connectivity index (χ2v) is 5.64. The lowest BCUT2D eigenvalue weighted by Crippen LogP contribution is -2.16. The molecule has 0 saturated heterocycles. The van der Waals surface area contributed by atoms with E-state index in [0.717, 1.165) is 17.3 Å². The number of amides is 1. The molecule has 2 aromatic rings. The number of thioether (sulfide) groups is 1. The maximum Gasteiger partial charge on any atom is 0.234 e. The van der Waals surface area contributed by atoms with E-state index in [1.807, 2.05) is 6.92 Å². The molecule has 0 spiro atoms. The summed E-state index contributed by atoms with van der Waals surface area (Å²) >= 11 is 13.3. The lowest BCUT2D eigenvalue weighted by atomic mass is 10.2. The molecule has 0 bridgehead atoms. The third-order valence-corrected chi connectivity index (χ3v) is 4.18. The quantitative estimate of drug-likeness (QED) is 0.663. The Kier molecular flexibility index (Phi) is 4.74. The fourth-order valence-electron chi connectivity index (χ4n) is 1.41. The molecule has 3 N–H and O–H groups in total. The Balaban J connectivity index is 2.02. The Labute approximate surface area is 129 Å². The summed E-state index contributed by atoms with van der Waals surface area (Å²) in [5.41, 5.74) is 1.24. The van der Waals surface area contributed by atoms with E-state index in [2.05, 4.69) is 15.5 Å². The number of nitrogens with one attached hydrogen (secondary N) is 1. The topological polar surface area (TPSA) is 85.8 Å². The number of aryl methyl sites for hydroxylation is 1. The molecule has 1 heterocycles. The fourth-order valence-corrected chi connectivity index (χ4v) is 2.51. The molecule has 0 radical (unpaired) electrons. The van der Waals surface area contributed by atoms with Crippen LogP contribution in [0.5, 0.6) is 0 Å². The van der Waals surface area contributed by atoms with Crippen LogP contribution in [0.1, 0.15) is 5.56 Å². The first-order valence-electron chi connectivity index (χ1n) is 5.51. The lowest BCUT2D eigenvalue weighted by Gasteiger charge is -2.10. The van der Waals surface area contributed by atoms with Crippen LogP contribution in [0, 0.1) is 6.92 Å². The van der Waals surface area contributed by atoms with Crippen molar-refractivity contribution in [3.05, 3.63) is 34.1 Å². The minimum Gasteiger partial charge on any atom is -0.336 e. The van der Waals surface area contributed by atoms with E-state index in [1.54, 1.807) is 12.1 Å². The molecule has 0 atom stereocenters. The van der Waals surface area contributed by atoms with E-state index in [4.69, 9.17) is 29.0 Å². The van der Waals surface area contributed by atoms with Crippen molar-refractivity contribution in [2.75, 3.05) is 16.9 Å². The average molecular weight is 332 g/mol. The van der Waals surface area contributed by atoms with E-state index < -0.39 is 0 Å². The number of carbonyl (C=O) groups excluding carboxylic acids is 1. The van der Waals surface area contributed by atoms with Gasteiger partial charge in [-0.3, -0.25) is 4.79 Å². The Bertz CT molecular complexity index is 646. The van der Waals surface area contributed by atoms with Crippen LogP contribution >= 0.6 is 35.0 Å². The van der Waals surface area contributed by atoms with Crippen LogP contribution in [0.15, 0.2) is 23.6 Å². The number of rotatable bonds is 4. The van der Waals surface area contributed by atoms with Crippen molar-refractivity contribution in [3.63, 3.8) is 0 Å². The number of nitrogens with zero attached hydrogens (tertiary/aromatic N) is 3. The van der Waals surface area contributed by atoms with E-state index in [0.29, 0.717) is 20.9 Å². The first-order valence-corrected chi connectivity index (χ1v) is 7.25. The third-order valence-electron chi connectivity index (χ3n) is 2.42. The van der Waals surface area contributed by atoms with Crippen molar-refractivity contribution in [3.8, 4) is 0 Å². The first kappa shape index (κ1) is 15.0. The number of nitrogens with two attached hydrogens (primary N) is 1. The molecule has 9 heteroatoms. The van der Waals surface area contributed by atoms with Gasteiger partial charge in [0.25, 0.3) is 0 Å². The summed E-state index contributed by atoms with van der Waals surface area (Å²) in [6, 6.07) is 3.47. The van der Waals surface area contributed by atoms with Crippen LogP contribution in [0.4, 0.5) is 5.69 Å². The van der Waals surface area contributed by atoms with Gasteiger partial charge in [-0.1, -0.05) is 41.0 Å². The highest BCUT2D eigenvalue weighted by atomic mass is 35.5. The van der Waals surface area contributed by atoms with Crippen LogP contribution < -0.4 is 11.2 Å². The molecular weight excluding hydrogens is 321 g/mol. The van der Waals surface area contributed by atoms with Crippen LogP contribution in [0.25, 0.3) is 0 Å². The predicted molar refractivity (Wildman–Crippen MR) is 80.7 cm³/mol. The van der Waals surface area contributed by atoms with E-state index in [1.165, 1.54) is 11.0 Å². The van der Waals surface area contributed by atoms with Crippen molar-refractivity contribution in [1.82, 2.24) is 14.9 Å². The van der Waals surface area contributed by atoms with Gasteiger partial charge in [0.15, 0.2) is 0 Å². The van der Waals surface area contributed by atoms with Gasteiger partial charge in [0, 0.05) is 0 Å². The summed E-state index contributed by atoms with van der Waals surface area (Å²) in [6.07, 6.45) is 1.36. The van der Waals surface area contributed by atoms with Gasteiger partial charge in [-0.15, -0.1) is 10.2 Å². The number of hydrogen-bond donors (Lipinski definition) is 2. The zero-order valence-corrected chi connectivity index (χ0v) is 12.8. The zero-order chi connectivity index (χ0) is 14.7. The number of benzene rings is 1. The second kappa shape index (κ2) is 6.34. The lowest BCUT2D eigenvalue weighted by molar-refractivity contribution is -0.113. The fraction of sp³-hybridized carbons (Fsp3) is 0.182. The van der Waals surface area contributed by atoms with Gasteiger partial charge in [0.05, 0.1) is 21.5 Å². The number of halogens is 2. The SMILES string of the molecule is Cc1ccc(Cl)c(NC(=O)CSc2nncn2N)c1Cl. The van der Waals surface area contributed by atoms with E-state index in [9.17, 15) is 4.79 Å². The average Bonchev–Trinajstić information content (AvgIpc) is 2.82. The number of hydrogen-bond acceptors (Lipinski definition) is 5. The number of aromatic nitrogens is 3. The van der Waals surface area contributed by atoms with Crippen molar-refractivity contribution in [1.29, 1.82) is 0 Å². The zero-order valence-electron chi connectivity index (χ0n) is 10.4. The van der Waals surface area contributed by atoms with Gasteiger partial charge in [0.2, 0.25) is 11.1 Å². The second-order valence-electron chi connectivity index (χ2n) is 3.91. The first-order chi connectivity index (χ1) is 9.49. The summed E-state index contributed by atoms with van der Waals surface area (Å²) in [7, 11) is 0. The molecule has 0 aliphatic heterocycles. The predicted octanol–water partition coefficient (Wildman–Crippen LogP) is 2.34. The number of nitrogen functional groups attached to an aromatic ring is 1. The van der Waals surface area contributed by atoms with E-state index >= 15 is 0 Å². The van der Waals surface area contributed by atoms with Gasteiger partial charge in [-0.2, -0.15) is 0 Å². The Morgan fingerprint density at radius 3 is 2.90 bits per heavy atom. The highest BCUT2D eigenvalue weighted by Crippen LogP contribution is 2.33. The molecule has 1 aromatic heterocycles. The molecular formula is C11H11Cl2N5OS. The molecule has 0 fully saturated rings. The summed E-state index contributed by atoms with van der Waals surface area (Å²) < 4.78 is 1.24. The van der Waals surface area contributed by atoms with Crippen LogP contribution in [-0.4, -0.2) is 26.5 Å². The Hall–Kier alpha value is -1.44. The summed E-state index contributed by atoms with van der Waals surface area (Å²) in [5.74, 6) is 5.41. The van der Waals surface area contributed by atoms with Gasteiger partial charge in [-0.05, 0) is 18.6 Å². The van der Waals surface area contributed by atoms with Gasteiger partial charge >= 0.3 is 0 Å². The largest absolute Gasteiger partial charge is 0.336 e. The van der Waals surface area contributed by atoms with Crippen LogP contribution in [0.3, 0.4) is 0 Å². The molecule has 0 saturated carbocycles. The standard InChI is InChI=1S/C11H11Cl2N5OS/c1-6-2-3-7(12)10(9(6)13)16-8(19)4-20-11-17-15-5-18(11)14/h2-3,5H,4,14H2,1H3,(H,16,19). The highest BCUT2D eigenvalue weighted by Gasteiger charge is 2.13. The van der Waals surface area contributed by atoms with Crippen molar-refractivity contribution in [2.24, 2.45) is 0 Å². The molecule has 1 amide bonds. The van der Waals surface area contributed by atoms with Gasteiger partial charge < -0.3 is 11.2 Å². The monoisotopic (exact) mass is 331 g/mol. The summed E-state index contributed by atoms with van der Waals surface area (Å²) in [5, 5.41) is 11.3. The maximum absolute atomic E-state index is 11.9. The molecule has 1 aromatic carbocycles. The minimum absolute atomic E-state index is 0.122. The molecule has 20 heavy (non-hydrogen) atoms. The minimum atomic E-state index is -0.257. The molecule has 0 unspecified atom stereocenters. The normalized spacial score (nSPS) is 10.6. The van der Waals surface area contributed by atoms with Crippen molar-refractivity contribution < 1.29 is 4.79 Å². The maximum atomic E-state index is 11.9. The Morgan fingerprint density at radius 2 is 2.25 bits per heavy atom. The van der Waals surface area contributed by atoms with Crippen molar-refractivity contribution >= 4 is 46.6 Å². The summed E-state index contributed by atoms with van der Waals surface area (Å²) in [4.78, 5) is 11.9. The smallest absolute Gasteiger partial charge is 0.234 e. The molecule has 0 aliphatic rings. The van der Waals surface area contributed by atoms with Crippen LogP contribution in [0.2, 0.25) is 10.0 Å². The summed E-state index contributed by atoms with van der Waals surface area (Å²) in [6.45, 7) is 1.83.